The lowest BCUT2D eigenvalue weighted by Gasteiger charge is -2.24. The van der Waals surface area contributed by atoms with Gasteiger partial charge in [-0.25, -0.2) is 4.98 Å². The fourth-order valence-corrected chi connectivity index (χ4v) is 3.94. The van der Waals surface area contributed by atoms with Gasteiger partial charge in [-0.3, -0.25) is 9.59 Å². The lowest BCUT2D eigenvalue weighted by Crippen LogP contribution is -2.28. The molecule has 0 saturated carbocycles. The van der Waals surface area contributed by atoms with E-state index in [9.17, 15) is 9.59 Å². The maximum atomic E-state index is 12.7. The van der Waals surface area contributed by atoms with E-state index in [2.05, 4.69) is 15.3 Å². The molecule has 29 heavy (non-hydrogen) atoms. The number of para-hydroxylation sites is 1. The van der Waals surface area contributed by atoms with Gasteiger partial charge in [0.25, 0.3) is 0 Å². The average Bonchev–Trinajstić information content (AvgIpc) is 3.06. The quantitative estimate of drug-likeness (QED) is 0.630. The van der Waals surface area contributed by atoms with Crippen LogP contribution in [0.15, 0.2) is 42.6 Å². The van der Waals surface area contributed by atoms with Gasteiger partial charge >= 0.3 is 0 Å². The van der Waals surface area contributed by atoms with Crippen LogP contribution >= 0.6 is 11.6 Å². The van der Waals surface area contributed by atoms with Crippen LogP contribution in [0.5, 0.6) is 0 Å². The molecule has 0 bridgehead atoms. The summed E-state index contributed by atoms with van der Waals surface area (Å²) in [5.41, 5.74) is 3.64. The standard InChI is InChI=1S/C22H21ClN4O2/c1-13(20-16-5-3-4-6-17(16)25-21(20)23)27(2)19(29)10-7-14-11-15-8-9-18(28)26-22(15)24-12-14/h3-7,10-13,25H,8-9H2,1-2H3,(H,24,26,28). The summed E-state index contributed by atoms with van der Waals surface area (Å²) >= 11 is 6.41. The second kappa shape index (κ2) is 7.72. The van der Waals surface area contributed by atoms with Crippen LogP contribution in [0.25, 0.3) is 17.0 Å². The van der Waals surface area contributed by atoms with Crippen molar-refractivity contribution in [2.45, 2.75) is 25.8 Å². The molecule has 2 aromatic heterocycles. The lowest BCUT2D eigenvalue weighted by molar-refractivity contribution is -0.126. The number of carbonyl (C=O) groups excluding carboxylic acids is 2. The zero-order valence-electron chi connectivity index (χ0n) is 16.2. The number of aryl methyl sites for hydroxylation is 1. The Morgan fingerprint density at radius 3 is 2.93 bits per heavy atom. The minimum atomic E-state index is -0.201. The van der Waals surface area contributed by atoms with Crippen molar-refractivity contribution in [1.29, 1.82) is 0 Å². The number of likely N-dealkylation sites (N-methyl/N-ethyl adjacent to an activating group) is 1. The summed E-state index contributed by atoms with van der Waals surface area (Å²) in [7, 11) is 1.76. The topological polar surface area (TPSA) is 78.1 Å². The fraction of sp³-hybridized carbons (Fsp3) is 0.227. The Balaban J connectivity index is 1.52. The van der Waals surface area contributed by atoms with Gasteiger partial charge in [0.05, 0.1) is 6.04 Å². The van der Waals surface area contributed by atoms with Gasteiger partial charge in [0.2, 0.25) is 11.8 Å². The zero-order valence-corrected chi connectivity index (χ0v) is 17.0. The van der Waals surface area contributed by atoms with Crippen molar-refractivity contribution in [3.05, 3.63) is 64.4 Å². The molecule has 2 N–H and O–H groups in total. The Morgan fingerprint density at radius 1 is 1.31 bits per heavy atom. The Labute approximate surface area is 173 Å². The highest BCUT2D eigenvalue weighted by atomic mass is 35.5. The molecule has 1 unspecified atom stereocenters. The Bertz CT molecular complexity index is 1140. The Morgan fingerprint density at radius 2 is 2.10 bits per heavy atom. The molecule has 0 fully saturated rings. The number of aromatic amines is 1. The number of nitrogens with one attached hydrogen (secondary N) is 2. The number of halogens is 1. The number of aromatic nitrogens is 2. The van der Waals surface area contributed by atoms with Crippen molar-refractivity contribution in [1.82, 2.24) is 14.9 Å². The molecule has 0 saturated heterocycles. The van der Waals surface area contributed by atoms with Gasteiger partial charge in [-0.05, 0) is 42.7 Å². The number of hydrogen-bond donors (Lipinski definition) is 2. The summed E-state index contributed by atoms with van der Waals surface area (Å²) < 4.78 is 0. The van der Waals surface area contributed by atoms with Crippen molar-refractivity contribution in [3.63, 3.8) is 0 Å². The molecule has 1 atom stereocenters. The summed E-state index contributed by atoms with van der Waals surface area (Å²) in [4.78, 5) is 33.3. The molecule has 1 aliphatic rings. The van der Waals surface area contributed by atoms with Gasteiger partial charge in [-0.15, -0.1) is 0 Å². The summed E-state index contributed by atoms with van der Waals surface area (Å²) in [5, 5.41) is 4.31. The van der Waals surface area contributed by atoms with E-state index in [-0.39, 0.29) is 17.9 Å². The van der Waals surface area contributed by atoms with E-state index in [0.717, 1.165) is 27.6 Å². The number of pyridine rings is 1. The van der Waals surface area contributed by atoms with Crippen LogP contribution < -0.4 is 5.32 Å². The Hall–Kier alpha value is -3.12. The normalized spacial score (nSPS) is 14.7. The maximum absolute atomic E-state index is 12.7. The molecule has 0 radical (unpaired) electrons. The van der Waals surface area contributed by atoms with Crippen LogP contribution in [0.4, 0.5) is 5.82 Å². The van der Waals surface area contributed by atoms with Gasteiger partial charge in [-0.1, -0.05) is 29.8 Å². The number of fused-ring (bicyclic) bond motifs is 2. The van der Waals surface area contributed by atoms with Gasteiger partial charge in [0, 0.05) is 42.2 Å². The van der Waals surface area contributed by atoms with Crippen LogP contribution in [0.1, 0.15) is 36.1 Å². The number of rotatable bonds is 4. The van der Waals surface area contributed by atoms with Crippen molar-refractivity contribution in [2.75, 3.05) is 12.4 Å². The molecular weight excluding hydrogens is 388 g/mol. The second-order valence-corrected chi connectivity index (χ2v) is 7.56. The number of amides is 2. The monoisotopic (exact) mass is 408 g/mol. The van der Waals surface area contributed by atoms with Gasteiger partial charge in [-0.2, -0.15) is 0 Å². The molecule has 4 rings (SSSR count). The number of benzene rings is 1. The van der Waals surface area contributed by atoms with E-state index in [4.69, 9.17) is 11.6 Å². The second-order valence-electron chi connectivity index (χ2n) is 7.18. The molecule has 3 heterocycles. The lowest BCUT2D eigenvalue weighted by atomic mass is 10.0. The molecule has 3 aromatic rings. The van der Waals surface area contributed by atoms with E-state index < -0.39 is 0 Å². The average molecular weight is 409 g/mol. The maximum Gasteiger partial charge on any atom is 0.246 e. The number of anilines is 1. The number of nitrogens with zero attached hydrogens (tertiary/aromatic N) is 2. The molecule has 0 aliphatic carbocycles. The first-order valence-corrected chi connectivity index (χ1v) is 9.81. The van der Waals surface area contributed by atoms with Gasteiger partial charge in [0.15, 0.2) is 0 Å². The predicted octanol–water partition coefficient (Wildman–Crippen LogP) is 4.33. The SMILES string of the molecule is CC(c1c(Cl)[nH]c2ccccc12)N(C)C(=O)C=Cc1cnc2c(c1)CCC(=O)N2. The predicted molar refractivity (Wildman–Crippen MR) is 115 cm³/mol. The van der Waals surface area contributed by atoms with E-state index in [0.29, 0.717) is 23.8 Å². The minimum Gasteiger partial charge on any atom is -0.345 e. The largest absolute Gasteiger partial charge is 0.345 e. The van der Waals surface area contributed by atoms with Crippen molar-refractivity contribution in [3.8, 4) is 0 Å². The summed E-state index contributed by atoms with van der Waals surface area (Å²) in [6.45, 7) is 1.95. The van der Waals surface area contributed by atoms with Crippen molar-refractivity contribution < 1.29 is 9.59 Å². The van der Waals surface area contributed by atoms with E-state index >= 15 is 0 Å². The summed E-state index contributed by atoms with van der Waals surface area (Å²) in [6, 6.07) is 9.60. The fourth-order valence-electron chi connectivity index (χ4n) is 3.57. The zero-order chi connectivity index (χ0) is 20.5. The molecular formula is C22H21ClN4O2. The van der Waals surface area contributed by atoms with Crippen LogP contribution in [0, 0.1) is 0 Å². The smallest absolute Gasteiger partial charge is 0.246 e. The molecule has 7 heteroatoms. The first-order chi connectivity index (χ1) is 13.9. The molecule has 2 amide bonds. The summed E-state index contributed by atoms with van der Waals surface area (Å²) in [6.07, 6.45) is 6.02. The van der Waals surface area contributed by atoms with Crippen molar-refractivity contribution in [2.24, 2.45) is 0 Å². The highest BCUT2D eigenvalue weighted by Gasteiger charge is 2.22. The van der Waals surface area contributed by atoms with E-state index in [1.165, 1.54) is 6.08 Å². The van der Waals surface area contributed by atoms with E-state index in [1.54, 1.807) is 24.2 Å². The summed E-state index contributed by atoms with van der Waals surface area (Å²) in [5.74, 6) is 0.448. The van der Waals surface area contributed by atoms with Crippen LogP contribution in [0.3, 0.4) is 0 Å². The molecule has 148 valence electrons. The first-order valence-electron chi connectivity index (χ1n) is 9.44. The molecule has 1 aliphatic heterocycles. The molecule has 1 aromatic carbocycles. The highest BCUT2D eigenvalue weighted by Crippen LogP contribution is 2.33. The van der Waals surface area contributed by atoms with Crippen molar-refractivity contribution >= 4 is 46.2 Å². The van der Waals surface area contributed by atoms with Crippen LogP contribution in [0.2, 0.25) is 5.15 Å². The minimum absolute atomic E-state index is 0.0185. The van der Waals surface area contributed by atoms with Crippen LogP contribution in [-0.4, -0.2) is 33.7 Å². The number of carbonyl (C=O) groups is 2. The first kappa shape index (κ1) is 19.2. The third-order valence-electron chi connectivity index (χ3n) is 5.33. The van der Waals surface area contributed by atoms with E-state index in [1.807, 2.05) is 37.3 Å². The molecule has 6 nitrogen and oxygen atoms in total. The van der Waals surface area contributed by atoms with Gasteiger partial charge < -0.3 is 15.2 Å². The van der Waals surface area contributed by atoms with Gasteiger partial charge in [0.1, 0.15) is 11.0 Å². The number of H-pyrrole nitrogens is 1. The number of hydrogen-bond acceptors (Lipinski definition) is 3. The molecule has 0 spiro atoms. The highest BCUT2D eigenvalue weighted by molar-refractivity contribution is 6.31. The van der Waals surface area contributed by atoms with Crippen LogP contribution in [-0.2, 0) is 16.0 Å². The third-order valence-corrected chi connectivity index (χ3v) is 5.63. The third kappa shape index (κ3) is 3.76. The Kier molecular flexibility index (Phi) is 5.11.